The Kier molecular flexibility index (Phi) is 7.54. The summed E-state index contributed by atoms with van der Waals surface area (Å²) < 4.78 is 35.6. The summed E-state index contributed by atoms with van der Waals surface area (Å²) in [6, 6.07) is 4.49. The molecular weight excluding hydrogens is 385 g/mol. The second-order valence-electron chi connectivity index (χ2n) is 7.50. The van der Waals surface area contributed by atoms with Crippen molar-refractivity contribution in [1.29, 1.82) is 0 Å². The lowest BCUT2D eigenvalue weighted by Crippen LogP contribution is -2.56. The van der Waals surface area contributed by atoms with E-state index >= 15 is 0 Å². The van der Waals surface area contributed by atoms with Gasteiger partial charge in [0, 0.05) is 44.5 Å². The minimum atomic E-state index is -3.01. The summed E-state index contributed by atoms with van der Waals surface area (Å²) >= 11 is 0. The van der Waals surface area contributed by atoms with Crippen LogP contribution in [0.15, 0.2) is 24.3 Å². The van der Waals surface area contributed by atoms with Crippen molar-refractivity contribution >= 4 is 21.7 Å². The summed E-state index contributed by atoms with van der Waals surface area (Å²) in [6.07, 6.45) is 1.21. The average Bonchev–Trinajstić information content (AvgIpc) is 2.64. The molecule has 1 aromatic rings. The monoisotopic (exact) mass is 413 g/mol. The molecule has 7 nitrogen and oxygen atoms in total. The van der Waals surface area contributed by atoms with Gasteiger partial charge in [-0.3, -0.25) is 14.5 Å². The zero-order chi connectivity index (χ0) is 20.9. The van der Waals surface area contributed by atoms with Gasteiger partial charge in [-0.05, 0) is 30.2 Å². The zero-order valence-electron chi connectivity index (χ0n) is 16.5. The van der Waals surface area contributed by atoms with Gasteiger partial charge >= 0.3 is 0 Å². The Morgan fingerprint density at radius 1 is 1.11 bits per heavy atom. The second kappa shape index (κ2) is 9.47. The summed E-state index contributed by atoms with van der Waals surface area (Å²) in [6.45, 7) is 6.33. The molecule has 1 aromatic carbocycles. The van der Waals surface area contributed by atoms with Gasteiger partial charge < -0.3 is 10.2 Å². The maximum atomic E-state index is 13.0. The molecule has 0 saturated carbocycles. The summed E-state index contributed by atoms with van der Waals surface area (Å²) in [4.78, 5) is 29.1. The largest absolute Gasteiger partial charge is 0.340 e. The van der Waals surface area contributed by atoms with E-state index in [9.17, 15) is 22.4 Å². The quantitative estimate of drug-likeness (QED) is 0.714. The molecule has 1 fully saturated rings. The highest BCUT2D eigenvalue weighted by Gasteiger charge is 2.31. The summed E-state index contributed by atoms with van der Waals surface area (Å²) in [5, 5.41) is 2.76. The van der Waals surface area contributed by atoms with Crippen molar-refractivity contribution in [3.8, 4) is 0 Å². The Bertz CT molecular complexity index is 788. The van der Waals surface area contributed by atoms with Crippen LogP contribution in [0.2, 0.25) is 0 Å². The van der Waals surface area contributed by atoms with E-state index in [1.807, 2.05) is 18.7 Å². The zero-order valence-corrected chi connectivity index (χ0v) is 17.3. The van der Waals surface area contributed by atoms with E-state index in [0.29, 0.717) is 38.3 Å². The molecule has 0 radical (unpaired) electrons. The van der Waals surface area contributed by atoms with Gasteiger partial charge in [-0.25, -0.2) is 12.8 Å². The first-order chi connectivity index (χ1) is 13.1. The van der Waals surface area contributed by atoms with Crippen LogP contribution in [-0.2, 0) is 14.6 Å². The third-order valence-corrected chi connectivity index (χ3v) is 5.71. The van der Waals surface area contributed by atoms with E-state index in [4.69, 9.17) is 0 Å². The van der Waals surface area contributed by atoms with Gasteiger partial charge in [-0.1, -0.05) is 13.8 Å². The van der Waals surface area contributed by atoms with Crippen LogP contribution >= 0.6 is 0 Å². The molecule has 28 heavy (non-hydrogen) atoms. The number of amides is 2. The van der Waals surface area contributed by atoms with Crippen LogP contribution in [0.1, 0.15) is 24.2 Å². The molecule has 1 heterocycles. The lowest BCUT2D eigenvalue weighted by atomic mass is 10.0. The molecule has 1 saturated heterocycles. The number of benzene rings is 1. The predicted molar refractivity (Wildman–Crippen MR) is 105 cm³/mol. The highest BCUT2D eigenvalue weighted by atomic mass is 32.2. The van der Waals surface area contributed by atoms with Gasteiger partial charge in [0.2, 0.25) is 5.91 Å². The van der Waals surface area contributed by atoms with Gasteiger partial charge in [-0.2, -0.15) is 0 Å². The Labute approximate surface area is 165 Å². The summed E-state index contributed by atoms with van der Waals surface area (Å²) in [5.41, 5.74) is 0.297. The van der Waals surface area contributed by atoms with Crippen molar-refractivity contribution in [3.63, 3.8) is 0 Å². The fourth-order valence-corrected chi connectivity index (χ4v) is 3.61. The number of nitrogens with zero attached hydrogens (tertiary/aromatic N) is 2. The number of carbonyl (C=O) groups is 2. The van der Waals surface area contributed by atoms with Crippen LogP contribution in [0.4, 0.5) is 4.39 Å². The molecule has 1 N–H and O–H groups in total. The van der Waals surface area contributed by atoms with Crippen LogP contribution in [0.5, 0.6) is 0 Å². The van der Waals surface area contributed by atoms with E-state index < -0.39 is 27.6 Å². The summed E-state index contributed by atoms with van der Waals surface area (Å²) in [5.74, 6) is -1.02. The molecule has 2 rings (SSSR count). The van der Waals surface area contributed by atoms with Crippen LogP contribution in [0, 0.1) is 11.7 Å². The molecule has 2 amide bonds. The van der Waals surface area contributed by atoms with E-state index in [1.165, 1.54) is 30.5 Å². The average molecular weight is 414 g/mol. The first-order valence-corrected chi connectivity index (χ1v) is 11.4. The van der Waals surface area contributed by atoms with Crippen molar-refractivity contribution in [3.05, 3.63) is 35.6 Å². The molecule has 1 aliphatic heterocycles. The molecule has 0 bridgehead atoms. The smallest absolute Gasteiger partial charge is 0.251 e. The third-order valence-electron chi connectivity index (χ3n) is 4.79. The molecular formula is C19H28FN3O4S. The molecule has 1 unspecified atom stereocenters. The van der Waals surface area contributed by atoms with Gasteiger partial charge in [0.15, 0.2) is 0 Å². The van der Waals surface area contributed by atoms with E-state index in [1.54, 1.807) is 4.90 Å². The highest BCUT2D eigenvalue weighted by Crippen LogP contribution is 2.11. The predicted octanol–water partition coefficient (Wildman–Crippen LogP) is 0.769. The van der Waals surface area contributed by atoms with Gasteiger partial charge in [0.05, 0.1) is 5.75 Å². The number of nitrogens with one attached hydrogen (secondary N) is 1. The van der Waals surface area contributed by atoms with Gasteiger partial charge in [0.1, 0.15) is 21.7 Å². The van der Waals surface area contributed by atoms with Crippen molar-refractivity contribution in [2.24, 2.45) is 5.92 Å². The van der Waals surface area contributed by atoms with Crippen LogP contribution in [-0.4, -0.2) is 80.8 Å². The first-order valence-electron chi connectivity index (χ1n) is 9.32. The number of rotatable bonds is 7. The lowest BCUT2D eigenvalue weighted by molar-refractivity contribution is -0.136. The SMILES string of the molecule is CC(C)C(NC(=O)c1ccc(F)cc1)C(=O)N1CCN(CCS(C)(=O)=O)CC1. The Balaban J connectivity index is 1.94. The number of sulfone groups is 1. The molecule has 0 aromatic heterocycles. The minimum absolute atomic E-state index is 0.100. The second-order valence-corrected chi connectivity index (χ2v) is 9.76. The number of hydrogen-bond acceptors (Lipinski definition) is 5. The highest BCUT2D eigenvalue weighted by molar-refractivity contribution is 7.90. The van der Waals surface area contributed by atoms with Crippen molar-refractivity contribution in [2.75, 3.05) is 44.7 Å². The molecule has 0 spiro atoms. The molecule has 156 valence electrons. The fraction of sp³-hybridized carbons (Fsp3) is 0.579. The maximum absolute atomic E-state index is 13.0. The number of hydrogen-bond donors (Lipinski definition) is 1. The molecule has 1 aliphatic rings. The fourth-order valence-electron chi connectivity index (χ4n) is 3.02. The summed E-state index contributed by atoms with van der Waals surface area (Å²) in [7, 11) is -3.01. The number of carbonyl (C=O) groups excluding carboxylic acids is 2. The van der Waals surface area contributed by atoms with E-state index in [-0.39, 0.29) is 17.6 Å². The Hall–Kier alpha value is -2.00. The van der Waals surface area contributed by atoms with E-state index in [2.05, 4.69) is 5.32 Å². The van der Waals surface area contributed by atoms with Crippen LogP contribution in [0.25, 0.3) is 0 Å². The minimum Gasteiger partial charge on any atom is -0.340 e. The van der Waals surface area contributed by atoms with Crippen molar-refractivity contribution < 1.29 is 22.4 Å². The number of piperazine rings is 1. The molecule has 9 heteroatoms. The van der Waals surface area contributed by atoms with Crippen LogP contribution in [0.3, 0.4) is 0 Å². The molecule has 0 aliphatic carbocycles. The van der Waals surface area contributed by atoms with Gasteiger partial charge in [-0.15, -0.1) is 0 Å². The number of halogens is 1. The Morgan fingerprint density at radius 2 is 1.68 bits per heavy atom. The first kappa shape index (κ1) is 22.3. The van der Waals surface area contributed by atoms with Crippen molar-refractivity contribution in [1.82, 2.24) is 15.1 Å². The maximum Gasteiger partial charge on any atom is 0.251 e. The van der Waals surface area contributed by atoms with Crippen LogP contribution < -0.4 is 5.32 Å². The molecule has 1 atom stereocenters. The van der Waals surface area contributed by atoms with Crippen molar-refractivity contribution in [2.45, 2.75) is 19.9 Å². The third kappa shape index (κ3) is 6.56. The van der Waals surface area contributed by atoms with Gasteiger partial charge in [0.25, 0.3) is 5.91 Å². The Morgan fingerprint density at radius 3 is 2.18 bits per heavy atom. The topological polar surface area (TPSA) is 86.8 Å². The normalized spacial score (nSPS) is 16.8. The van der Waals surface area contributed by atoms with E-state index in [0.717, 1.165) is 0 Å². The standard InChI is InChI=1S/C19H28FN3O4S/c1-14(2)17(21-18(24)15-4-6-16(20)7-5-15)19(25)23-10-8-22(9-11-23)12-13-28(3,26)27/h4-7,14,17H,8-13H2,1-3H3,(H,21,24). The lowest BCUT2D eigenvalue weighted by Gasteiger charge is -2.37.